The normalized spacial score (nSPS) is 13.5. The maximum atomic E-state index is 13.6. The molecule has 3 N–H and O–H groups in total. The van der Waals surface area contributed by atoms with Crippen LogP contribution in [0.5, 0.6) is 0 Å². The number of alkyl halides is 3. The van der Waals surface area contributed by atoms with Crippen LogP contribution in [-0.2, 0) is 4.79 Å². The minimum absolute atomic E-state index is 0.0101. The third-order valence-electron chi connectivity index (χ3n) is 4.27. The number of carbonyl (C=O) groups excluding carboxylic acids is 2. The van der Waals surface area contributed by atoms with E-state index in [0.717, 1.165) is 18.6 Å². The summed E-state index contributed by atoms with van der Waals surface area (Å²) < 4.78 is 56.5. The highest BCUT2D eigenvalue weighted by atomic mass is 19.4. The second-order valence-corrected chi connectivity index (χ2v) is 7.03. The molecule has 0 saturated carbocycles. The van der Waals surface area contributed by atoms with Crippen molar-refractivity contribution in [2.45, 2.75) is 38.1 Å². The number of aliphatic hydroxyl groups excluding tert-OH is 1. The van der Waals surface area contributed by atoms with E-state index in [1.807, 2.05) is 0 Å². The van der Waals surface area contributed by atoms with Crippen molar-refractivity contribution in [1.29, 1.82) is 0 Å². The minimum atomic E-state index is -4.49. The van der Waals surface area contributed by atoms with E-state index >= 15 is 0 Å². The lowest BCUT2D eigenvalue weighted by atomic mass is 10.1. The lowest BCUT2D eigenvalue weighted by Gasteiger charge is -2.22. The van der Waals surface area contributed by atoms with Crippen molar-refractivity contribution < 1.29 is 36.7 Å². The van der Waals surface area contributed by atoms with Gasteiger partial charge in [0, 0.05) is 24.4 Å². The van der Waals surface area contributed by atoms with Crippen molar-refractivity contribution in [1.82, 2.24) is 15.6 Å². The summed E-state index contributed by atoms with van der Waals surface area (Å²) in [4.78, 5) is 31.8. The number of nitrogens with zero attached hydrogens (tertiary/aromatic N) is 2. The number of oxazole rings is 1. The Balaban J connectivity index is 1.97. The zero-order chi connectivity index (χ0) is 24.6. The Labute approximate surface area is 186 Å². The Kier molecular flexibility index (Phi) is 8.85. The summed E-state index contributed by atoms with van der Waals surface area (Å²) in [5.74, 6) is -2.44. The molecule has 1 aromatic heterocycles. The Morgan fingerprint density at radius 2 is 2.06 bits per heavy atom. The van der Waals surface area contributed by atoms with Crippen LogP contribution >= 0.6 is 0 Å². The van der Waals surface area contributed by atoms with E-state index in [9.17, 15) is 32.3 Å². The van der Waals surface area contributed by atoms with E-state index in [-0.39, 0.29) is 11.7 Å². The molecule has 0 saturated heterocycles. The van der Waals surface area contributed by atoms with Gasteiger partial charge in [0.25, 0.3) is 5.91 Å². The number of rotatable bonds is 10. The van der Waals surface area contributed by atoms with Gasteiger partial charge in [0.15, 0.2) is 0 Å². The number of halogens is 4. The van der Waals surface area contributed by atoms with Gasteiger partial charge >= 0.3 is 6.18 Å². The zero-order valence-corrected chi connectivity index (χ0v) is 17.5. The van der Waals surface area contributed by atoms with Crippen molar-refractivity contribution >= 4 is 18.0 Å². The molecule has 12 heteroatoms. The second-order valence-electron chi connectivity index (χ2n) is 7.03. The van der Waals surface area contributed by atoms with Gasteiger partial charge in [0.2, 0.25) is 17.6 Å². The van der Waals surface area contributed by atoms with Crippen LogP contribution in [0.1, 0.15) is 29.0 Å². The van der Waals surface area contributed by atoms with E-state index in [2.05, 4.69) is 27.2 Å². The molecule has 33 heavy (non-hydrogen) atoms. The molecule has 2 unspecified atom stereocenters. The van der Waals surface area contributed by atoms with Crippen LogP contribution in [0, 0.1) is 12.7 Å². The van der Waals surface area contributed by atoms with Crippen LogP contribution < -0.4 is 10.6 Å². The monoisotopic (exact) mass is 470 g/mol. The van der Waals surface area contributed by atoms with Gasteiger partial charge < -0.3 is 20.2 Å². The van der Waals surface area contributed by atoms with Crippen molar-refractivity contribution in [2.75, 3.05) is 6.54 Å². The Hall–Kier alpha value is -3.54. The molecule has 0 fully saturated rings. The fourth-order valence-electron chi connectivity index (χ4n) is 2.78. The average molecular weight is 470 g/mol. The summed E-state index contributed by atoms with van der Waals surface area (Å²) >= 11 is 0. The molecule has 1 heterocycles. The Bertz CT molecular complexity index is 1000. The summed E-state index contributed by atoms with van der Waals surface area (Å²) in [6.45, 7) is 4.35. The minimum Gasteiger partial charge on any atom is -0.431 e. The summed E-state index contributed by atoms with van der Waals surface area (Å²) in [5.41, 5.74) is 0.929. The maximum absolute atomic E-state index is 13.6. The number of benzene rings is 1. The first-order chi connectivity index (χ1) is 15.5. The molecule has 0 spiro atoms. The highest BCUT2D eigenvalue weighted by molar-refractivity contribution is 5.94. The van der Waals surface area contributed by atoms with Crippen molar-refractivity contribution in [3.63, 3.8) is 0 Å². The van der Waals surface area contributed by atoms with Crippen LogP contribution in [-0.4, -0.2) is 53.0 Å². The number of hydrogen-bond acceptors (Lipinski definition) is 6. The number of carbonyl (C=O) groups is 2. The van der Waals surface area contributed by atoms with Crippen molar-refractivity contribution in [3.8, 4) is 11.5 Å². The van der Waals surface area contributed by atoms with Gasteiger partial charge in [-0.3, -0.25) is 14.6 Å². The van der Waals surface area contributed by atoms with Crippen molar-refractivity contribution in [3.05, 3.63) is 54.3 Å². The molecule has 2 rings (SSSR count). The van der Waals surface area contributed by atoms with Gasteiger partial charge in [-0.1, -0.05) is 6.58 Å². The van der Waals surface area contributed by atoms with Crippen LogP contribution in [0.25, 0.3) is 11.5 Å². The standard InChI is InChI=1S/C21H22F4N4O4/c1-3-26-9-16(30)15(4-5-21(23,24)25)29-18(31)11-27-19(32)17-10-28-20(33-17)13-6-12(2)7-14(22)8-13/h3,6-10,15-16,30H,1,4-5,11H2,2H3,(H,27,32)(H,29,31). The quantitative estimate of drug-likeness (QED) is 0.365. The SMILES string of the molecule is C=CN=CC(O)C(CCC(F)(F)F)NC(=O)CNC(=O)c1cnc(-c2cc(C)cc(F)c2)o1. The Morgan fingerprint density at radius 3 is 2.70 bits per heavy atom. The van der Waals surface area contributed by atoms with Gasteiger partial charge in [0.05, 0.1) is 18.8 Å². The highest BCUT2D eigenvalue weighted by Gasteiger charge is 2.31. The first-order valence-corrected chi connectivity index (χ1v) is 9.68. The second kappa shape index (κ2) is 11.4. The largest absolute Gasteiger partial charge is 0.431 e. The molecule has 178 valence electrons. The van der Waals surface area contributed by atoms with Gasteiger partial charge in [-0.25, -0.2) is 9.37 Å². The molecule has 0 aliphatic carbocycles. The number of aliphatic hydroxyl groups is 1. The fourth-order valence-corrected chi connectivity index (χ4v) is 2.78. The smallest absolute Gasteiger partial charge is 0.389 e. The molecule has 0 aliphatic rings. The molecule has 0 aliphatic heterocycles. The van der Waals surface area contributed by atoms with Crippen LogP contribution in [0.3, 0.4) is 0 Å². The first kappa shape index (κ1) is 25.7. The fraction of sp³-hybridized carbons (Fsp3) is 0.333. The van der Waals surface area contributed by atoms with E-state index in [4.69, 9.17) is 4.42 Å². The van der Waals surface area contributed by atoms with Gasteiger partial charge in [0.1, 0.15) is 11.9 Å². The average Bonchev–Trinajstić information content (AvgIpc) is 3.22. The molecule has 2 aromatic rings. The predicted octanol–water partition coefficient (Wildman–Crippen LogP) is 2.92. The number of hydrogen-bond donors (Lipinski definition) is 3. The van der Waals surface area contributed by atoms with Crippen LogP contribution in [0.15, 0.2) is 46.6 Å². The summed E-state index contributed by atoms with van der Waals surface area (Å²) in [6, 6.07) is 2.79. The third kappa shape index (κ3) is 8.48. The number of nitrogens with one attached hydrogen (secondary N) is 2. The first-order valence-electron chi connectivity index (χ1n) is 9.68. The Morgan fingerprint density at radius 1 is 1.33 bits per heavy atom. The van der Waals surface area contributed by atoms with Gasteiger partial charge in [-0.15, -0.1) is 0 Å². The molecular formula is C21H22F4N4O4. The molecule has 0 bridgehead atoms. The van der Waals surface area contributed by atoms with E-state index < -0.39 is 55.3 Å². The lowest BCUT2D eigenvalue weighted by Crippen LogP contribution is -2.48. The number of amides is 2. The van der Waals surface area contributed by atoms with E-state index in [0.29, 0.717) is 11.1 Å². The number of aliphatic imine (C=N–C) groups is 1. The van der Waals surface area contributed by atoms with E-state index in [1.54, 1.807) is 13.0 Å². The van der Waals surface area contributed by atoms with E-state index in [1.165, 1.54) is 12.1 Å². The molecule has 8 nitrogen and oxygen atoms in total. The number of aromatic nitrogens is 1. The summed E-state index contributed by atoms with van der Waals surface area (Å²) in [5, 5.41) is 14.4. The third-order valence-corrected chi connectivity index (χ3v) is 4.27. The molecular weight excluding hydrogens is 448 g/mol. The van der Waals surface area contributed by atoms with Gasteiger partial charge in [-0.2, -0.15) is 13.2 Å². The molecule has 2 amide bonds. The van der Waals surface area contributed by atoms with Crippen LogP contribution in [0.4, 0.5) is 17.6 Å². The van der Waals surface area contributed by atoms with Crippen LogP contribution in [0.2, 0.25) is 0 Å². The summed E-state index contributed by atoms with van der Waals surface area (Å²) in [7, 11) is 0. The van der Waals surface area contributed by atoms with Gasteiger partial charge in [-0.05, 0) is 37.1 Å². The molecule has 2 atom stereocenters. The number of aryl methyl sites for hydroxylation is 1. The maximum Gasteiger partial charge on any atom is 0.389 e. The molecule has 1 aromatic carbocycles. The topological polar surface area (TPSA) is 117 Å². The zero-order valence-electron chi connectivity index (χ0n) is 17.5. The summed E-state index contributed by atoms with van der Waals surface area (Å²) in [6.07, 6.45) is -4.74. The highest BCUT2D eigenvalue weighted by Crippen LogP contribution is 2.23. The molecule has 0 radical (unpaired) electrons. The lowest BCUT2D eigenvalue weighted by molar-refractivity contribution is -0.139. The predicted molar refractivity (Wildman–Crippen MR) is 111 cm³/mol. The van der Waals surface area contributed by atoms with Crippen molar-refractivity contribution in [2.24, 2.45) is 4.99 Å².